The molecule has 0 aromatic rings. The van der Waals surface area contributed by atoms with E-state index in [1.807, 2.05) is 0 Å². The third-order valence-corrected chi connectivity index (χ3v) is 2.01. The Morgan fingerprint density at radius 1 is 1.47 bits per heavy atom. The van der Waals surface area contributed by atoms with Crippen LogP contribution in [0, 0.1) is 0 Å². The molecule has 0 aromatic carbocycles. The number of carbonyl (C=O) groups excluding carboxylic acids is 1. The van der Waals surface area contributed by atoms with Crippen LogP contribution in [0.5, 0.6) is 0 Å². The molecule has 17 heavy (non-hydrogen) atoms. The van der Waals surface area contributed by atoms with Crippen molar-refractivity contribution in [2.75, 3.05) is 12.9 Å². The van der Waals surface area contributed by atoms with Crippen LogP contribution >= 0.6 is 0 Å². The van der Waals surface area contributed by atoms with Crippen LogP contribution in [0.25, 0.3) is 0 Å². The van der Waals surface area contributed by atoms with Crippen molar-refractivity contribution in [3.8, 4) is 0 Å². The smallest absolute Gasteiger partial charge is 0.408 e. The number of hydrogen-bond acceptors (Lipinski definition) is 5. The van der Waals surface area contributed by atoms with E-state index in [9.17, 15) is 13.2 Å². The average molecular weight is 265 g/mol. The van der Waals surface area contributed by atoms with Crippen molar-refractivity contribution < 1.29 is 22.1 Å². The summed E-state index contributed by atoms with van der Waals surface area (Å²) < 4.78 is 31.1. The number of nitrogens with one attached hydrogen (secondary N) is 1. The number of carbonyl (C=O) groups is 1. The minimum absolute atomic E-state index is 0.207. The maximum atomic E-state index is 11.4. The lowest BCUT2D eigenvalue weighted by atomic mass is 10.2. The molecule has 100 valence electrons. The van der Waals surface area contributed by atoms with Crippen LogP contribution < -0.4 is 5.32 Å². The highest BCUT2D eigenvalue weighted by molar-refractivity contribution is 7.85. The minimum atomic E-state index is -3.54. The van der Waals surface area contributed by atoms with Gasteiger partial charge in [0, 0.05) is 0 Å². The second-order valence-corrected chi connectivity index (χ2v) is 6.12. The Morgan fingerprint density at radius 2 is 2.00 bits per heavy atom. The summed E-state index contributed by atoms with van der Waals surface area (Å²) in [6.45, 7) is 8.43. The van der Waals surface area contributed by atoms with E-state index in [1.165, 1.54) is 6.08 Å². The molecule has 0 aromatic heterocycles. The predicted octanol–water partition coefficient (Wildman–Crippen LogP) is 1.04. The summed E-state index contributed by atoms with van der Waals surface area (Å²) in [7, 11) is -3.54. The normalized spacial score (nSPS) is 13.9. The van der Waals surface area contributed by atoms with Gasteiger partial charge in [0.05, 0.1) is 18.9 Å². The van der Waals surface area contributed by atoms with Crippen LogP contribution in [0.4, 0.5) is 4.79 Å². The lowest BCUT2D eigenvalue weighted by molar-refractivity contribution is 0.0502. The van der Waals surface area contributed by atoms with E-state index < -0.39 is 27.9 Å². The fraction of sp³-hybridized carbons (Fsp3) is 0.700. The zero-order chi connectivity index (χ0) is 13.7. The van der Waals surface area contributed by atoms with Gasteiger partial charge in [-0.1, -0.05) is 6.08 Å². The van der Waals surface area contributed by atoms with Gasteiger partial charge in [-0.15, -0.1) is 6.58 Å². The van der Waals surface area contributed by atoms with Crippen LogP contribution in [0.1, 0.15) is 20.8 Å². The maximum absolute atomic E-state index is 11.4. The molecular weight excluding hydrogens is 246 g/mol. The Morgan fingerprint density at radius 3 is 2.35 bits per heavy atom. The highest BCUT2D eigenvalue weighted by Crippen LogP contribution is 2.07. The topological polar surface area (TPSA) is 81.7 Å². The van der Waals surface area contributed by atoms with E-state index in [2.05, 4.69) is 16.1 Å². The Balaban J connectivity index is 4.23. The van der Waals surface area contributed by atoms with Gasteiger partial charge in [0.1, 0.15) is 5.60 Å². The molecule has 0 radical (unpaired) electrons. The molecule has 1 N–H and O–H groups in total. The number of alkyl carbamates (subject to hydrolysis) is 1. The molecule has 0 saturated carbocycles. The lowest BCUT2D eigenvalue weighted by Crippen LogP contribution is -2.40. The molecule has 6 nitrogen and oxygen atoms in total. The van der Waals surface area contributed by atoms with Crippen LogP contribution in [0.3, 0.4) is 0 Å². The van der Waals surface area contributed by atoms with Gasteiger partial charge in [-0.25, -0.2) is 4.79 Å². The first-order chi connectivity index (χ1) is 7.53. The van der Waals surface area contributed by atoms with E-state index in [4.69, 9.17) is 4.74 Å². The zero-order valence-electron chi connectivity index (χ0n) is 10.5. The molecule has 0 fully saturated rings. The first kappa shape index (κ1) is 15.9. The van der Waals surface area contributed by atoms with Crippen molar-refractivity contribution in [1.29, 1.82) is 0 Å². The van der Waals surface area contributed by atoms with Crippen molar-refractivity contribution in [1.82, 2.24) is 5.32 Å². The maximum Gasteiger partial charge on any atom is 0.408 e. The largest absolute Gasteiger partial charge is 0.444 e. The zero-order valence-corrected chi connectivity index (χ0v) is 11.3. The molecule has 7 heteroatoms. The molecule has 0 aliphatic carbocycles. The third kappa shape index (κ3) is 9.83. The minimum Gasteiger partial charge on any atom is -0.444 e. The van der Waals surface area contributed by atoms with E-state index in [0.29, 0.717) is 0 Å². The second kappa shape index (κ2) is 6.02. The number of amides is 1. The fourth-order valence-corrected chi connectivity index (χ4v) is 1.22. The number of hydrogen-bond donors (Lipinski definition) is 1. The van der Waals surface area contributed by atoms with Crippen molar-refractivity contribution >= 4 is 16.2 Å². The SMILES string of the molecule is C=CC(COS(C)(=O)=O)NC(=O)OC(C)(C)C. The molecule has 0 aliphatic heterocycles. The molecule has 0 spiro atoms. The van der Waals surface area contributed by atoms with E-state index in [1.54, 1.807) is 20.8 Å². The third-order valence-electron chi connectivity index (χ3n) is 1.45. The summed E-state index contributed by atoms with van der Waals surface area (Å²) in [6.07, 6.45) is 1.65. The molecule has 0 aliphatic rings. The van der Waals surface area contributed by atoms with Crippen LogP contribution in [-0.2, 0) is 19.0 Å². The summed E-state index contributed by atoms with van der Waals surface area (Å²) in [4.78, 5) is 11.4. The van der Waals surface area contributed by atoms with Gasteiger partial charge in [-0.05, 0) is 20.8 Å². The summed E-state index contributed by atoms with van der Waals surface area (Å²) in [5, 5.41) is 2.43. The van der Waals surface area contributed by atoms with Gasteiger partial charge >= 0.3 is 6.09 Å². The first-order valence-electron chi connectivity index (χ1n) is 5.00. The van der Waals surface area contributed by atoms with Gasteiger partial charge in [-0.2, -0.15) is 8.42 Å². The van der Waals surface area contributed by atoms with Crippen molar-refractivity contribution in [2.24, 2.45) is 0 Å². The summed E-state index contributed by atoms with van der Waals surface area (Å²) in [6, 6.07) is -0.625. The molecule has 0 bridgehead atoms. The highest BCUT2D eigenvalue weighted by atomic mass is 32.2. The Kier molecular flexibility index (Phi) is 5.63. The number of rotatable bonds is 5. The van der Waals surface area contributed by atoms with Crippen LogP contribution in [0.2, 0.25) is 0 Å². The first-order valence-corrected chi connectivity index (χ1v) is 6.81. The molecule has 1 atom stereocenters. The van der Waals surface area contributed by atoms with Crippen molar-refractivity contribution in [2.45, 2.75) is 32.4 Å². The van der Waals surface area contributed by atoms with Crippen molar-refractivity contribution in [3.63, 3.8) is 0 Å². The van der Waals surface area contributed by atoms with E-state index >= 15 is 0 Å². The molecule has 1 amide bonds. The van der Waals surface area contributed by atoms with Crippen molar-refractivity contribution in [3.05, 3.63) is 12.7 Å². The predicted molar refractivity (Wildman–Crippen MR) is 64.2 cm³/mol. The fourth-order valence-electron chi connectivity index (χ4n) is 0.824. The quantitative estimate of drug-likeness (QED) is 0.593. The van der Waals surface area contributed by atoms with E-state index in [-0.39, 0.29) is 6.61 Å². The average Bonchev–Trinajstić information content (AvgIpc) is 2.07. The van der Waals surface area contributed by atoms with Crippen LogP contribution in [-0.4, -0.2) is 39.0 Å². The summed E-state index contributed by atoms with van der Waals surface area (Å²) in [5.74, 6) is 0. The lowest BCUT2D eigenvalue weighted by Gasteiger charge is -2.21. The molecule has 0 heterocycles. The van der Waals surface area contributed by atoms with E-state index in [0.717, 1.165) is 6.26 Å². The van der Waals surface area contributed by atoms with Crippen LogP contribution in [0.15, 0.2) is 12.7 Å². The van der Waals surface area contributed by atoms with Gasteiger partial charge in [0.2, 0.25) is 0 Å². The monoisotopic (exact) mass is 265 g/mol. The Labute approximate surface area is 102 Å². The Bertz CT molecular complexity index is 369. The van der Waals surface area contributed by atoms with Gasteiger partial charge in [-0.3, -0.25) is 4.18 Å². The molecule has 0 saturated heterocycles. The van der Waals surface area contributed by atoms with Gasteiger partial charge in [0.15, 0.2) is 0 Å². The highest BCUT2D eigenvalue weighted by Gasteiger charge is 2.19. The number of ether oxygens (including phenoxy) is 1. The van der Waals surface area contributed by atoms with Gasteiger partial charge in [0.25, 0.3) is 10.1 Å². The molecule has 1 unspecified atom stereocenters. The Hall–Kier alpha value is -1.08. The summed E-state index contributed by atoms with van der Waals surface area (Å²) in [5.41, 5.74) is -0.618. The second-order valence-electron chi connectivity index (χ2n) is 4.48. The summed E-state index contributed by atoms with van der Waals surface area (Å²) >= 11 is 0. The standard InChI is InChI=1S/C10H19NO5S/c1-6-8(7-15-17(5,13)14)11-9(12)16-10(2,3)4/h6,8H,1,7H2,2-5H3,(H,11,12). The van der Waals surface area contributed by atoms with Gasteiger partial charge < -0.3 is 10.1 Å². The molecule has 0 rings (SSSR count). The molecular formula is C10H19NO5S.